The molecule has 0 aliphatic heterocycles. The molecule has 0 heterocycles. The lowest BCUT2D eigenvalue weighted by Gasteiger charge is -2.30. The van der Waals surface area contributed by atoms with Gasteiger partial charge in [-0.15, -0.1) is 0 Å². The first-order valence-corrected chi connectivity index (χ1v) is 5.74. The summed E-state index contributed by atoms with van der Waals surface area (Å²) in [4.78, 5) is 11.8. The molecule has 0 saturated carbocycles. The molecule has 0 aromatic rings. The summed E-state index contributed by atoms with van der Waals surface area (Å²) in [5, 5.41) is 0. The van der Waals surface area contributed by atoms with Gasteiger partial charge in [0.15, 0.2) is 0 Å². The largest absolute Gasteiger partial charge is 0.466 e. The molecule has 16 heavy (non-hydrogen) atoms. The molecule has 1 atom stereocenters. The summed E-state index contributed by atoms with van der Waals surface area (Å²) in [5.74, 6) is -0.218. The van der Waals surface area contributed by atoms with Crippen molar-refractivity contribution in [3.05, 3.63) is 0 Å². The van der Waals surface area contributed by atoms with Crippen LogP contribution in [0.4, 0.5) is 0 Å². The van der Waals surface area contributed by atoms with E-state index in [0.29, 0.717) is 19.6 Å². The molecule has 0 rings (SSSR count). The predicted molar refractivity (Wildman–Crippen MR) is 64.1 cm³/mol. The lowest BCUT2D eigenvalue weighted by Crippen LogP contribution is -2.39. The average Bonchev–Trinajstić information content (AvgIpc) is 2.26. The normalized spacial score (nSPS) is 15.6. The number of esters is 1. The molecule has 2 N–H and O–H groups in total. The highest BCUT2D eigenvalue weighted by Crippen LogP contribution is 2.28. The van der Waals surface area contributed by atoms with Gasteiger partial charge in [0.05, 0.1) is 17.6 Å². The lowest BCUT2D eigenvalue weighted by molar-refractivity contribution is -0.155. The second-order valence-electron chi connectivity index (χ2n) is 4.95. The Hall–Kier alpha value is -0.610. The molecular formula is C12H25NO3. The predicted octanol–water partition coefficient (Wildman–Crippen LogP) is 1.72. The van der Waals surface area contributed by atoms with Crippen LogP contribution in [0.2, 0.25) is 0 Å². The fourth-order valence-corrected chi connectivity index (χ4v) is 1.27. The van der Waals surface area contributed by atoms with E-state index < -0.39 is 5.41 Å². The van der Waals surface area contributed by atoms with Crippen LogP contribution in [0.25, 0.3) is 0 Å². The van der Waals surface area contributed by atoms with Gasteiger partial charge in [0, 0.05) is 13.7 Å². The number of ether oxygens (including phenoxy) is 2. The zero-order valence-electron chi connectivity index (χ0n) is 11.1. The lowest BCUT2D eigenvalue weighted by atomic mass is 9.82. The highest BCUT2D eigenvalue weighted by atomic mass is 16.5. The fourth-order valence-electron chi connectivity index (χ4n) is 1.27. The maximum Gasteiger partial charge on any atom is 0.313 e. The highest BCUT2D eigenvalue weighted by molar-refractivity contribution is 5.76. The van der Waals surface area contributed by atoms with Crippen LogP contribution in [0, 0.1) is 5.41 Å². The number of methoxy groups -OCH3 is 1. The molecule has 1 unspecified atom stereocenters. The molecule has 0 aromatic carbocycles. The van der Waals surface area contributed by atoms with Crippen molar-refractivity contribution in [1.29, 1.82) is 0 Å². The minimum atomic E-state index is -0.605. The fraction of sp³-hybridized carbons (Fsp3) is 0.917. The van der Waals surface area contributed by atoms with Crippen molar-refractivity contribution in [2.45, 2.75) is 46.1 Å². The summed E-state index contributed by atoms with van der Waals surface area (Å²) in [6.07, 6.45) is 1.44. The summed E-state index contributed by atoms with van der Waals surface area (Å²) in [6, 6.07) is 0. The van der Waals surface area contributed by atoms with Crippen LogP contribution in [-0.4, -0.2) is 31.8 Å². The van der Waals surface area contributed by atoms with Crippen LogP contribution < -0.4 is 5.73 Å². The number of carbonyl (C=O) groups is 1. The summed E-state index contributed by atoms with van der Waals surface area (Å²) in [5.41, 5.74) is 4.83. The minimum Gasteiger partial charge on any atom is -0.466 e. The highest BCUT2D eigenvalue weighted by Gasteiger charge is 2.35. The second-order valence-corrected chi connectivity index (χ2v) is 4.95. The maximum atomic E-state index is 11.8. The Morgan fingerprint density at radius 3 is 2.19 bits per heavy atom. The quantitative estimate of drug-likeness (QED) is 0.678. The van der Waals surface area contributed by atoms with E-state index in [9.17, 15) is 4.79 Å². The van der Waals surface area contributed by atoms with Crippen LogP contribution in [0.15, 0.2) is 0 Å². The van der Waals surface area contributed by atoms with E-state index in [1.807, 2.05) is 20.8 Å². The molecular weight excluding hydrogens is 206 g/mol. The minimum absolute atomic E-state index is 0.218. The van der Waals surface area contributed by atoms with Gasteiger partial charge in [0.1, 0.15) is 0 Å². The summed E-state index contributed by atoms with van der Waals surface area (Å²) in [7, 11) is 1.67. The van der Waals surface area contributed by atoms with Gasteiger partial charge in [-0.3, -0.25) is 4.79 Å². The van der Waals surface area contributed by atoms with Gasteiger partial charge in [-0.2, -0.15) is 0 Å². The van der Waals surface area contributed by atoms with E-state index in [0.717, 1.165) is 6.42 Å². The van der Waals surface area contributed by atoms with Crippen molar-refractivity contribution in [1.82, 2.24) is 0 Å². The maximum absolute atomic E-state index is 11.8. The van der Waals surface area contributed by atoms with E-state index in [2.05, 4.69) is 0 Å². The van der Waals surface area contributed by atoms with E-state index in [-0.39, 0.29) is 11.6 Å². The molecule has 0 amide bonds. The Morgan fingerprint density at radius 1 is 1.25 bits per heavy atom. The number of rotatable bonds is 7. The van der Waals surface area contributed by atoms with E-state index >= 15 is 0 Å². The molecule has 0 aliphatic rings. The summed E-state index contributed by atoms with van der Waals surface area (Å²) in [6.45, 7) is 8.32. The van der Waals surface area contributed by atoms with Gasteiger partial charge in [0.2, 0.25) is 0 Å². The molecule has 4 heteroatoms. The third-order valence-corrected chi connectivity index (χ3v) is 3.05. The van der Waals surface area contributed by atoms with E-state index in [1.54, 1.807) is 14.0 Å². The first kappa shape index (κ1) is 15.4. The standard InChI is InChI=1S/C12H25NO3/c1-6-16-10(14)12(4,9-13)8-7-11(2,3)15-5/h6-9,13H2,1-5H3. The molecule has 0 fully saturated rings. The van der Waals surface area contributed by atoms with Gasteiger partial charge in [-0.05, 0) is 40.5 Å². The van der Waals surface area contributed by atoms with Crippen molar-refractivity contribution in [2.75, 3.05) is 20.3 Å². The zero-order chi connectivity index (χ0) is 12.8. The third-order valence-electron chi connectivity index (χ3n) is 3.05. The van der Waals surface area contributed by atoms with Gasteiger partial charge in [-0.1, -0.05) is 0 Å². The number of hydrogen-bond acceptors (Lipinski definition) is 4. The summed E-state index contributed by atoms with van der Waals surface area (Å²) >= 11 is 0. The molecule has 0 saturated heterocycles. The van der Waals surface area contributed by atoms with Crippen LogP contribution in [0.3, 0.4) is 0 Å². The third kappa shape index (κ3) is 4.49. The van der Waals surface area contributed by atoms with Crippen molar-refractivity contribution >= 4 is 5.97 Å². The Balaban J connectivity index is 4.43. The average molecular weight is 231 g/mol. The van der Waals surface area contributed by atoms with Gasteiger partial charge < -0.3 is 15.2 Å². The molecule has 4 nitrogen and oxygen atoms in total. The van der Waals surface area contributed by atoms with Crippen molar-refractivity contribution in [2.24, 2.45) is 11.1 Å². The topological polar surface area (TPSA) is 61.5 Å². The molecule has 0 radical (unpaired) electrons. The Kier molecular flexibility index (Phi) is 5.97. The van der Waals surface area contributed by atoms with Gasteiger partial charge in [0.25, 0.3) is 0 Å². The summed E-state index contributed by atoms with van der Waals surface area (Å²) < 4.78 is 10.4. The van der Waals surface area contributed by atoms with Crippen LogP contribution in [0.1, 0.15) is 40.5 Å². The smallest absolute Gasteiger partial charge is 0.313 e. The van der Waals surface area contributed by atoms with E-state index in [1.165, 1.54) is 0 Å². The monoisotopic (exact) mass is 231 g/mol. The Morgan fingerprint density at radius 2 is 1.81 bits per heavy atom. The van der Waals surface area contributed by atoms with Crippen LogP contribution in [-0.2, 0) is 14.3 Å². The SMILES string of the molecule is CCOC(=O)C(C)(CN)CCC(C)(C)OC. The van der Waals surface area contributed by atoms with Crippen molar-refractivity contribution in [3.8, 4) is 0 Å². The van der Waals surface area contributed by atoms with Gasteiger partial charge >= 0.3 is 5.97 Å². The number of nitrogens with two attached hydrogens (primary N) is 1. The van der Waals surface area contributed by atoms with Crippen LogP contribution >= 0.6 is 0 Å². The number of carbonyl (C=O) groups excluding carboxylic acids is 1. The van der Waals surface area contributed by atoms with E-state index in [4.69, 9.17) is 15.2 Å². The van der Waals surface area contributed by atoms with Gasteiger partial charge in [-0.25, -0.2) is 0 Å². The Labute approximate surface area is 98.5 Å². The van der Waals surface area contributed by atoms with Crippen LogP contribution in [0.5, 0.6) is 0 Å². The second kappa shape index (κ2) is 6.21. The molecule has 0 spiro atoms. The molecule has 96 valence electrons. The first-order valence-electron chi connectivity index (χ1n) is 5.74. The zero-order valence-corrected chi connectivity index (χ0v) is 11.1. The number of hydrogen-bond donors (Lipinski definition) is 1. The molecule has 0 bridgehead atoms. The van der Waals surface area contributed by atoms with Crippen molar-refractivity contribution < 1.29 is 14.3 Å². The Bertz CT molecular complexity index is 228. The molecule has 0 aromatic heterocycles. The van der Waals surface area contributed by atoms with Crippen molar-refractivity contribution in [3.63, 3.8) is 0 Å². The molecule has 0 aliphatic carbocycles. The first-order chi connectivity index (χ1) is 7.31.